The van der Waals surface area contributed by atoms with Crippen LogP contribution in [0, 0.1) is 5.92 Å². The predicted octanol–water partition coefficient (Wildman–Crippen LogP) is 3.58. The number of amides is 3. The van der Waals surface area contributed by atoms with Gasteiger partial charge in [0.1, 0.15) is 0 Å². The van der Waals surface area contributed by atoms with Gasteiger partial charge in [-0.05, 0) is 63.3 Å². The van der Waals surface area contributed by atoms with Gasteiger partial charge in [-0.2, -0.15) is 0 Å². The van der Waals surface area contributed by atoms with Crippen molar-refractivity contribution >= 4 is 23.7 Å². The molecule has 0 spiro atoms. The number of carbonyl (C=O) groups excluding carboxylic acids is 2. The summed E-state index contributed by atoms with van der Waals surface area (Å²) in [5, 5.41) is 9.63. The maximum Gasteiger partial charge on any atom is 0.406 e. The van der Waals surface area contributed by atoms with Gasteiger partial charge in [-0.1, -0.05) is 23.7 Å². The van der Waals surface area contributed by atoms with Gasteiger partial charge in [-0.3, -0.25) is 0 Å². The first-order valence-corrected chi connectivity index (χ1v) is 12.8. The third kappa shape index (κ3) is 11.0. The average Bonchev–Trinajstić information content (AvgIpc) is 2.86. The summed E-state index contributed by atoms with van der Waals surface area (Å²) in [5.74, 6) is 0.469. The van der Waals surface area contributed by atoms with E-state index in [0.717, 1.165) is 38.0 Å². The lowest BCUT2D eigenvalue weighted by Crippen LogP contribution is -2.49. The number of likely N-dealkylation sites (N-methyl/N-ethyl adjacent to an activating group) is 1. The number of hydrogen-bond acceptors (Lipinski definition) is 6. The number of hydrogen-bond donors (Lipinski definition) is 3. The van der Waals surface area contributed by atoms with Gasteiger partial charge in [0, 0.05) is 50.5 Å². The largest absolute Gasteiger partial charge is 0.453 e. The molecule has 3 amide bonds. The summed E-state index contributed by atoms with van der Waals surface area (Å²) in [4.78, 5) is 26.2. The summed E-state index contributed by atoms with van der Waals surface area (Å²) in [5.41, 5.74) is 0.928. The van der Waals surface area contributed by atoms with E-state index in [0.29, 0.717) is 50.1 Å². The van der Waals surface area contributed by atoms with E-state index < -0.39 is 6.09 Å². The third-order valence-corrected chi connectivity index (χ3v) is 6.31. The van der Waals surface area contributed by atoms with E-state index in [-0.39, 0.29) is 18.2 Å². The van der Waals surface area contributed by atoms with Crippen LogP contribution in [0.15, 0.2) is 24.3 Å². The second kappa shape index (κ2) is 16.6. The number of methoxy groups -OCH3 is 1. The van der Waals surface area contributed by atoms with Gasteiger partial charge < -0.3 is 35.1 Å². The Morgan fingerprint density at radius 2 is 2.17 bits per heavy atom. The fourth-order valence-corrected chi connectivity index (χ4v) is 4.46. The summed E-state index contributed by atoms with van der Waals surface area (Å²) in [7, 11) is 3.22. The van der Waals surface area contributed by atoms with Crippen molar-refractivity contribution in [3.05, 3.63) is 34.9 Å². The lowest BCUT2D eigenvalue weighted by Gasteiger charge is -2.30. The second-order valence-corrected chi connectivity index (χ2v) is 9.16. The fraction of sp³-hybridized carbons (Fsp3) is 0.680. The van der Waals surface area contributed by atoms with Crippen LogP contribution in [-0.2, 0) is 14.2 Å². The van der Waals surface area contributed by atoms with Gasteiger partial charge in [0.2, 0.25) is 0 Å². The Morgan fingerprint density at radius 3 is 2.83 bits per heavy atom. The van der Waals surface area contributed by atoms with Crippen LogP contribution in [0.25, 0.3) is 0 Å². The van der Waals surface area contributed by atoms with Crippen molar-refractivity contribution in [3.8, 4) is 0 Å². The second-order valence-electron chi connectivity index (χ2n) is 8.72. The molecule has 1 aromatic carbocycles. The van der Waals surface area contributed by atoms with E-state index in [2.05, 4.69) is 20.7 Å². The molecule has 35 heavy (non-hydrogen) atoms. The molecule has 0 saturated carbocycles. The first-order chi connectivity index (χ1) is 17.0. The Hall–Kier alpha value is -2.07. The molecule has 1 aliphatic rings. The summed E-state index contributed by atoms with van der Waals surface area (Å²) in [6.45, 7) is 5.99. The summed E-state index contributed by atoms with van der Waals surface area (Å²) >= 11 is 6.20. The smallest absolute Gasteiger partial charge is 0.406 e. The molecule has 1 saturated heterocycles. The number of urea groups is 1. The van der Waals surface area contributed by atoms with Crippen LogP contribution in [-0.4, -0.2) is 83.2 Å². The molecular formula is C25H41ClN4O5. The predicted molar refractivity (Wildman–Crippen MR) is 137 cm³/mol. The molecule has 0 unspecified atom stereocenters. The number of nitrogens with one attached hydrogen (secondary N) is 3. The van der Waals surface area contributed by atoms with Crippen molar-refractivity contribution < 1.29 is 23.8 Å². The molecule has 2 rings (SSSR count). The standard InChI is InChI=1S/C25H41ClN4O5/c1-4-30(24(31)29-22(17-27-2)15-19-7-6-13-34-18-19)12-10-23(20-8-5-9-21(26)16-20)35-14-11-28-25(32)33-3/h5,8-9,16,19,22-23,27H,4,6-7,10-15,17-18H2,1-3H3,(H,28,32)(H,29,31)/t19-,22+,23+/m1/s1. The molecule has 10 heteroatoms. The molecule has 0 aliphatic carbocycles. The summed E-state index contributed by atoms with van der Waals surface area (Å²) < 4.78 is 16.3. The first-order valence-electron chi connectivity index (χ1n) is 12.4. The minimum atomic E-state index is -0.502. The molecule has 9 nitrogen and oxygen atoms in total. The maximum atomic E-state index is 13.1. The van der Waals surface area contributed by atoms with Crippen LogP contribution in [0.5, 0.6) is 0 Å². The highest BCUT2D eigenvalue weighted by Gasteiger charge is 2.23. The number of alkyl carbamates (subject to hydrolysis) is 1. The van der Waals surface area contributed by atoms with Crippen molar-refractivity contribution in [2.24, 2.45) is 5.92 Å². The number of rotatable bonds is 14. The van der Waals surface area contributed by atoms with Crippen LogP contribution >= 0.6 is 11.6 Å². The Balaban J connectivity index is 1.94. The van der Waals surface area contributed by atoms with Crippen molar-refractivity contribution in [1.29, 1.82) is 0 Å². The molecule has 3 atom stereocenters. The minimum Gasteiger partial charge on any atom is -0.453 e. The molecule has 1 heterocycles. The average molecular weight is 513 g/mol. The molecular weight excluding hydrogens is 472 g/mol. The number of benzene rings is 1. The first kappa shape index (κ1) is 29.2. The van der Waals surface area contributed by atoms with E-state index in [9.17, 15) is 9.59 Å². The quantitative estimate of drug-likeness (QED) is 0.329. The zero-order valence-electron chi connectivity index (χ0n) is 21.2. The van der Waals surface area contributed by atoms with E-state index >= 15 is 0 Å². The molecule has 0 aromatic heterocycles. The van der Waals surface area contributed by atoms with Crippen molar-refractivity contribution in [2.75, 3.05) is 60.2 Å². The number of halogens is 1. The van der Waals surface area contributed by atoms with Crippen LogP contribution in [0.3, 0.4) is 0 Å². The van der Waals surface area contributed by atoms with E-state index in [4.69, 9.17) is 21.1 Å². The lowest BCUT2D eigenvalue weighted by atomic mass is 9.94. The molecule has 1 aliphatic heterocycles. The van der Waals surface area contributed by atoms with Gasteiger partial charge in [-0.25, -0.2) is 9.59 Å². The highest BCUT2D eigenvalue weighted by molar-refractivity contribution is 6.30. The van der Waals surface area contributed by atoms with Crippen LogP contribution in [0.1, 0.15) is 44.3 Å². The molecule has 0 radical (unpaired) electrons. The molecule has 3 N–H and O–H groups in total. The Bertz CT molecular complexity index is 763. The highest BCUT2D eigenvalue weighted by Crippen LogP contribution is 2.24. The van der Waals surface area contributed by atoms with Crippen LogP contribution in [0.2, 0.25) is 5.02 Å². The minimum absolute atomic E-state index is 0.0395. The zero-order valence-corrected chi connectivity index (χ0v) is 21.9. The van der Waals surface area contributed by atoms with Crippen molar-refractivity contribution in [1.82, 2.24) is 20.9 Å². The van der Waals surface area contributed by atoms with E-state index in [1.807, 2.05) is 38.2 Å². The lowest BCUT2D eigenvalue weighted by molar-refractivity contribution is 0.0421. The molecule has 1 fully saturated rings. The van der Waals surface area contributed by atoms with E-state index in [1.54, 1.807) is 4.90 Å². The number of ether oxygens (including phenoxy) is 3. The molecule has 198 valence electrons. The number of nitrogens with zero attached hydrogens (tertiary/aromatic N) is 1. The number of carbonyl (C=O) groups is 2. The molecule has 1 aromatic rings. The van der Waals surface area contributed by atoms with Crippen LogP contribution in [0.4, 0.5) is 9.59 Å². The van der Waals surface area contributed by atoms with Crippen molar-refractivity contribution in [2.45, 2.75) is 44.8 Å². The maximum absolute atomic E-state index is 13.1. The SMILES string of the molecule is CCN(CC[C@H](OCCNC(=O)OC)c1cccc(Cl)c1)C(=O)N[C@H](CNC)C[C@H]1CCCOC1. The zero-order chi connectivity index (χ0) is 25.5. The normalized spacial score (nSPS) is 17.3. The van der Waals surface area contributed by atoms with Crippen molar-refractivity contribution in [3.63, 3.8) is 0 Å². The van der Waals surface area contributed by atoms with Gasteiger partial charge in [-0.15, -0.1) is 0 Å². The topological polar surface area (TPSA) is 101 Å². The fourth-order valence-electron chi connectivity index (χ4n) is 4.26. The van der Waals surface area contributed by atoms with Gasteiger partial charge in [0.05, 0.1) is 19.8 Å². The summed E-state index contributed by atoms with van der Waals surface area (Å²) in [6, 6.07) is 7.47. The summed E-state index contributed by atoms with van der Waals surface area (Å²) in [6.07, 6.45) is 2.92. The Labute approximate surface area is 214 Å². The monoisotopic (exact) mass is 512 g/mol. The Morgan fingerprint density at radius 1 is 1.34 bits per heavy atom. The van der Waals surface area contributed by atoms with Gasteiger partial charge >= 0.3 is 12.1 Å². The van der Waals surface area contributed by atoms with E-state index in [1.165, 1.54) is 7.11 Å². The van der Waals surface area contributed by atoms with Crippen LogP contribution < -0.4 is 16.0 Å². The van der Waals surface area contributed by atoms with Gasteiger partial charge in [0.15, 0.2) is 0 Å². The molecule has 0 bridgehead atoms. The Kier molecular flexibility index (Phi) is 13.8. The van der Waals surface area contributed by atoms with Gasteiger partial charge in [0.25, 0.3) is 0 Å². The highest BCUT2D eigenvalue weighted by atomic mass is 35.5. The third-order valence-electron chi connectivity index (χ3n) is 6.08.